The van der Waals surface area contributed by atoms with E-state index in [1.807, 2.05) is 29.9 Å². The third-order valence-corrected chi connectivity index (χ3v) is 6.54. The summed E-state index contributed by atoms with van der Waals surface area (Å²) in [7, 11) is 5.14. The van der Waals surface area contributed by atoms with Crippen LogP contribution in [-0.4, -0.2) is 31.7 Å². The van der Waals surface area contributed by atoms with Crippen molar-refractivity contribution in [1.82, 2.24) is 4.68 Å². The average Bonchev–Trinajstić information content (AvgIpc) is 3.21. The predicted octanol–water partition coefficient (Wildman–Crippen LogP) is 5.33. The number of nitrogens with zero attached hydrogens (tertiary/aromatic N) is 3. The first-order valence-electron chi connectivity index (χ1n) is 10.2. The van der Waals surface area contributed by atoms with Crippen molar-refractivity contribution in [2.75, 3.05) is 21.3 Å². The Kier molecular flexibility index (Phi) is 6.33. The van der Waals surface area contributed by atoms with Gasteiger partial charge in [-0.25, -0.2) is 4.68 Å². The molecule has 1 aromatic heterocycles. The van der Waals surface area contributed by atoms with Crippen LogP contribution in [0.1, 0.15) is 37.2 Å². The number of thiazole rings is 1. The normalized spacial score (nSPS) is 17.1. The van der Waals surface area contributed by atoms with Gasteiger partial charge in [0.1, 0.15) is 11.5 Å². The first-order chi connectivity index (χ1) is 14.7. The fourth-order valence-corrected chi connectivity index (χ4v) is 4.78. The van der Waals surface area contributed by atoms with Crippen molar-refractivity contribution in [3.05, 3.63) is 64.3 Å². The van der Waals surface area contributed by atoms with E-state index in [0.717, 1.165) is 53.2 Å². The van der Waals surface area contributed by atoms with Crippen LogP contribution in [0.4, 0.5) is 0 Å². The summed E-state index contributed by atoms with van der Waals surface area (Å²) in [6.07, 6.45) is 4.27. The average molecular weight is 422 g/mol. The van der Waals surface area contributed by atoms with Crippen LogP contribution in [-0.2, 0) is 0 Å². The number of hydrogen-bond acceptors (Lipinski definition) is 5. The van der Waals surface area contributed by atoms with Crippen molar-refractivity contribution in [2.45, 2.75) is 31.6 Å². The number of ether oxygens (including phenoxy) is 2. The van der Waals surface area contributed by atoms with Crippen molar-refractivity contribution >= 4 is 17.0 Å². The van der Waals surface area contributed by atoms with Crippen LogP contribution in [0.3, 0.4) is 0 Å². The maximum absolute atomic E-state index is 5.63. The second kappa shape index (κ2) is 9.30. The fraction of sp³-hybridized carbons (Fsp3) is 0.333. The number of hydrogen-bond donors (Lipinski definition) is 0. The molecular formula is C24H27N3O2S. The SMILES string of the molecule is CN=c1scc(-c2ccc(OC)cc2OC)n1N=C1CCC(c2ccccc2)CC1. The second-order valence-electron chi connectivity index (χ2n) is 7.36. The van der Waals surface area contributed by atoms with Crippen LogP contribution in [0.2, 0.25) is 0 Å². The van der Waals surface area contributed by atoms with Crippen molar-refractivity contribution < 1.29 is 9.47 Å². The summed E-state index contributed by atoms with van der Waals surface area (Å²) in [5.41, 5.74) is 4.63. The van der Waals surface area contributed by atoms with Crippen molar-refractivity contribution in [2.24, 2.45) is 10.1 Å². The summed E-state index contributed by atoms with van der Waals surface area (Å²) >= 11 is 1.59. The smallest absolute Gasteiger partial charge is 0.205 e. The second-order valence-corrected chi connectivity index (χ2v) is 8.19. The Hall–Kier alpha value is -2.86. The highest BCUT2D eigenvalue weighted by molar-refractivity contribution is 7.07. The highest BCUT2D eigenvalue weighted by atomic mass is 32.1. The van der Waals surface area contributed by atoms with Gasteiger partial charge in [0.05, 0.1) is 19.9 Å². The lowest BCUT2D eigenvalue weighted by molar-refractivity contribution is 0.395. The first kappa shape index (κ1) is 20.4. The zero-order valence-electron chi connectivity index (χ0n) is 17.7. The maximum atomic E-state index is 5.63. The number of methoxy groups -OCH3 is 2. The summed E-state index contributed by atoms with van der Waals surface area (Å²) in [4.78, 5) is 5.32. The molecule has 0 aliphatic heterocycles. The van der Waals surface area contributed by atoms with Gasteiger partial charge in [0.25, 0.3) is 0 Å². The molecule has 5 nitrogen and oxygen atoms in total. The Morgan fingerprint density at radius 3 is 2.43 bits per heavy atom. The van der Waals surface area contributed by atoms with E-state index in [0.29, 0.717) is 5.92 Å². The topological polar surface area (TPSA) is 48.1 Å². The molecule has 156 valence electrons. The minimum Gasteiger partial charge on any atom is -0.497 e. The monoisotopic (exact) mass is 421 g/mol. The molecule has 1 fully saturated rings. The lowest BCUT2D eigenvalue weighted by Gasteiger charge is -2.23. The van der Waals surface area contributed by atoms with Crippen LogP contribution < -0.4 is 14.3 Å². The molecule has 0 amide bonds. The minimum absolute atomic E-state index is 0.620. The van der Waals surface area contributed by atoms with Gasteiger partial charge in [0.15, 0.2) is 0 Å². The molecule has 0 bridgehead atoms. The molecule has 0 N–H and O–H groups in total. The van der Waals surface area contributed by atoms with E-state index in [4.69, 9.17) is 14.6 Å². The summed E-state index contributed by atoms with van der Waals surface area (Å²) in [5.74, 6) is 2.15. The fourth-order valence-electron chi connectivity index (χ4n) is 3.99. The van der Waals surface area contributed by atoms with Crippen LogP contribution >= 0.6 is 11.3 Å². The number of rotatable bonds is 5. The summed E-state index contributed by atoms with van der Waals surface area (Å²) in [6, 6.07) is 16.7. The van der Waals surface area contributed by atoms with Crippen LogP contribution in [0.5, 0.6) is 11.5 Å². The number of aromatic nitrogens is 1. The van der Waals surface area contributed by atoms with Crippen molar-refractivity contribution in [3.63, 3.8) is 0 Å². The van der Waals surface area contributed by atoms with E-state index in [1.54, 1.807) is 25.6 Å². The molecule has 0 unspecified atom stereocenters. The lowest BCUT2D eigenvalue weighted by Crippen LogP contribution is -2.18. The largest absolute Gasteiger partial charge is 0.497 e. The van der Waals surface area contributed by atoms with Gasteiger partial charge in [-0.15, -0.1) is 11.3 Å². The van der Waals surface area contributed by atoms with Gasteiger partial charge in [-0.2, -0.15) is 5.10 Å². The Balaban J connectivity index is 1.64. The molecular weight excluding hydrogens is 394 g/mol. The van der Waals surface area contributed by atoms with Crippen molar-refractivity contribution in [1.29, 1.82) is 0 Å². The molecule has 0 saturated heterocycles. The lowest BCUT2D eigenvalue weighted by atomic mass is 9.83. The van der Waals surface area contributed by atoms with E-state index in [1.165, 1.54) is 11.3 Å². The summed E-state index contributed by atoms with van der Waals surface area (Å²) in [5, 5.41) is 7.12. The molecule has 4 rings (SSSR count). The van der Waals surface area contributed by atoms with Crippen LogP contribution in [0.15, 0.2) is 64.0 Å². The molecule has 1 saturated carbocycles. The molecule has 1 aliphatic carbocycles. The third kappa shape index (κ3) is 4.19. The minimum atomic E-state index is 0.620. The molecule has 30 heavy (non-hydrogen) atoms. The standard InChI is InChI=1S/C24H27N3O2S/c1-25-24-27(22(16-30-24)21-14-13-20(28-2)15-23(21)29-3)26-19-11-9-18(10-12-19)17-7-5-4-6-8-17/h4-8,13-16,18H,9-12H2,1-3H3. The highest BCUT2D eigenvalue weighted by Gasteiger charge is 2.20. The van der Waals surface area contributed by atoms with Crippen LogP contribution in [0.25, 0.3) is 11.3 Å². The maximum Gasteiger partial charge on any atom is 0.205 e. The molecule has 2 aromatic carbocycles. The number of benzene rings is 2. The molecule has 3 aromatic rings. The van der Waals surface area contributed by atoms with Crippen molar-refractivity contribution in [3.8, 4) is 22.8 Å². The third-order valence-electron chi connectivity index (χ3n) is 5.64. The van der Waals surface area contributed by atoms with Gasteiger partial charge < -0.3 is 9.47 Å². The van der Waals surface area contributed by atoms with E-state index in [-0.39, 0.29) is 0 Å². The molecule has 0 spiro atoms. The van der Waals surface area contributed by atoms with Gasteiger partial charge in [0.2, 0.25) is 4.80 Å². The first-order valence-corrected chi connectivity index (χ1v) is 11.1. The Bertz CT molecular complexity index is 1090. The van der Waals surface area contributed by atoms with Gasteiger partial charge >= 0.3 is 0 Å². The summed E-state index contributed by atoms with van der Waals surface area (Å²) in [6.45, 7) is 0. The Morgan fingerprint density at radius 1 is 1.00 bits per heavy atom. The Labute approximate surface area is 181 Å². The van der Waals surface area contributed by atoms with Gasteiger partial charge in [-0.05, 0) is 49.3 Å². The van der Waals surface area contributed by atoms with E-state index >= 15 is 0 Å². The van der Waals surface area contributed by atoms with E-state index in [2.05, 4.69) is 40.7 Å². The van der Waals surface area contributed by atoms with E-state index in [9.17, 15) is 0 Å². The molecule has 6 heteroatoms. The summed E-state index contributed by atoms with van der Waals surface area (Å²) < 4.78 is 12.9. The molecule has 1 aliphatic rings. The van der Waals surface area contributed by atoms with Crippen LogP contribution in [0, 0.1) is 0 Å². The predicted molar refractivity (Wildman–Crippen MR) is 123 cm³/mol. The molecule has 1 heterocycles. The van der Waals surface area contributed by atoms with E-state index < -0.39 is 0 Å². The molecule has 0 atom stereocenters. The quantitative estimate of drug-likeness (QED) is 0.559. The highest BCUT2D eigenvalue weighted by Crippen LogP contribution is 2.35. The van der Waals surface area contributed by atoms with Gasteiger partial charge in [0, 0.05) is 29.8 Å². The van der Waals surface area contributed by atoms with Gasteiger partial charge in [-0.1, -0.05) is 30.3 Å². The van der Waals surface area contributed by atoms with Gasteiger partial charge in [-0.3, -0.25) is 4.99 Å². The zero-order chi connectivity index (χ0) is 20.9. The zero-order valence-corrected chi connectivity index (χ0v) is 18.5. The molecule has 0 radical (unpaired) electrons. The Morgan fingerprint density at radius 2 is 1.77 bits per heavy atom.